The summed E-state index contributed by atoms with van der Waals surface area (Å²) < 4.78 is 5.23. The number of rotatable bonds is 3. The van der Waals surface area contributed by atoms with E-state index in [2.05, 4.69) is 10.3 Å². The number of nitrogens with one attached hydrogen (secondary N) is 1. The second kappa shape index (κ2) is 4.53. The predicted octanol–water partition coefficient (Wildman–Crippen LogP) is 2.42. The first-order chi connectivity index (χ1) is 7.79. The molecule has 16 heavy (non-hydrogen) atoms. The number of nitrogens with zero attached hydrogens (tertiary/aromatic N) is 1. The molecule has 0 saturated heterocycles. The third kappa shape index (κ3) is 2.23. The van der Waals surface area contributed by atoms with Gasteiger partial charge in [0, 0.05) is 0 Å². The maximum atomic E-state index is 5.51. The summed E-state index contributed by atoms with van der Waals surface area (Å²) >= 11 is 0. The van der Waals surface area contributed by atoms with Gasteiger partial charge in [-0.3, -0.25) is 0 Å². The van der Waals surface area contributed by atoms with Crippen LogP contribution in [0.4, 0.5) is 17.2 Å². The number of nitrogen functional groups attached to an aromatic ring is 1. The first-order valence-corrected chi connectivity index (χ1v) is 4.91. The van der Waals surface area contributed by atoms with Crippen molar-refractivity contribution in [3.63, 3.8) is 0 Å². The van der Waals surface area contributed by atoms with Crippen LogP contribution in [0.15, 0.2) is 42.6 Å². The van der Waals surface area contributed by atoms with E-state index in [9.17, 15) is 0 Å². The number of ether oxygens (including phenoxy) is 1. The Balaban J connectivity index is 2.23. The Morgan fingerprint density at radius 3 is 2.69 bits per heavy atom. The van der Waals surface area contributed by atoms with Gasteiger partial charge in [0.2, 0.25) is 0 Å². The molecular formula is C12H13N3O. The van der Waals surface area contributed by atoms with Crippen LogP contribution < -0.4 is 15.8 Å². The summed E-state index contributed by atoms with van der Waals surface area (Å²) in [5.41, 5.74) is 7.29. The zero-order valence-electron chi connectivity index (χ0n) is 8.97. The first kappa shape index (κ1) is 10.3. The number of aromatic nitrogens is 1. The summed E-state index contributed by atoms with van der Waals surface area (Å²) in [6, 6.07) is 11.3. The molecule has 1 heterocycles. The number of hydrogen-bond donors (Lipinski definition) is 2. The molecule has 0 aliphatic carbocycles. The van der Waals surface area contributed by atoms with Crippen molar-refractivity contribution in [1.29, 1.82) is 0 Å². The van der Waals surface area contributed by atoms with E-state index < -0.39 is 0 Å². The summed E-state index contributed by atoms with van der Waals surface area (Å²) in [7, 11) is 1.64. The lowest BCUT2D eigenvalue weighted by molar-refractivity contribution is 0.417. The van der Waals surface area contributed by atoms with Crippen molar-refractivity contribution in [2.45, 2.75) is 0 Å². The third-order valence-electron chi connectivity index (χ3n) is 2.17. The van der Waals surface area contributed by atoms with Gasteiger partial charge in [-0.15, -0.1) is 0 Å². The Hall–Kier alpha value is -2.23. The van der Waals surface area contributed by atoms with Crippen molar-refractivity contribution in [3.8, 4) is 5.75 Å². The van der Waals surface area contributed by atoms with Crippen LogP contribution in [0.2, 0.25) is 0 Å². The maximum absolute atomic E-state index is 5.51. The largest absolute Gasteiger partial charge is 0.495 e. The van der Waals surface area contributed by atoms with Crippen molar-refractivity contribution in [2.75, 3.05) is 18.2 Å². The highest BCUT2D eigenvalue weighted by atomic mass is 16.5. The normalized spacial score (nSPS) is 9.81. The summed E-state index contributed by atoms with van der Waals surface area (Å²) in [6.45, 7) is 0. The number of para-hydroxylation sites is 2. The molecule has 2 rings (SSSR count). The third-order valence-corrected chi connectivity index (χ3v) is 2.17. The Morgan fingerprint density at radius 1 is 1.19 bits per heavy atom. The van der Waals surface area contributed by atoms with E-state index >= 15 is 0 Å². The van der Waals surface area contributed by atoms with Gasteiger partial charge in [0.05, 0.1) is 24.7 Å². The molecule has 4 heteroatoms. The lowest BCUT2D eigenvalue weighted by atomic mass is 10.3. The van der Waals surface area contributed by atoms with Crippen molar-refractivity contribution in [1.82, 2.24) is 4.98 Å². The fourth-order valence-electron chi connectivity index (χ4n) is 1.38. The monoisotopic (exact) mass is 215 g/mol. The van der Waals surface area contributed by atoms with Crippen LogP contribution in [0.1, 0.15) is 0 Å². The molecule has 0 bridgehead atoms. The van der Waals surface area contributed by atoms with Gasteiger partial charge in [-0.05, 0) is 24.3 Å². The molecule has 0 saturated carbocycles. The molecule has 0 unspecified atom stereocenters. The number of hydrogen-bond acceptors (Lipinski definition) is 4. The van der Waals surface area contributed by atoms with Crippen molar-refractivity contribution in [3.05, 3.63) is 42.6 Å². The number of anilines is 3. The minimum atomic E-state index is 0.505. The topological polar surface area (TPSA) is 60.2 Å². The van der Waals surface area contributed by atoms with Crippen LogP contribution in [0.25, 0.3) is 0 Å². The van der Waals surface area contributed by atoms with E-state index in [-0.39, 0.29) is 0 Å². The average Bonchev–Trinajstić information content (AvgIpc) is 2.33. The van der Waals surface area contributed by atoms with Gasteiger partial charge in [0.15, 0.2) is 0 Å². The van der Waals surface area contributed by atoms with Crippen molar-refractivity contribution in [2.24, 2.45) is 0 Å². The van der Waals surface area contributed by atoms with Gasteiger partial charge in [-0.1, -0.05) is 12.1 Å². The molecule has 1 aromatic carbocycles. The summed E-state index contributed by atoms with van der Waals surface area (Å²) in [6.07, 6.45) is 1.68. The highest BCUT2D eigenvalue weighted by Crippen LogP contribution is 2.26. The number of benzene rings is 1. The highest BCUT2D eigenvalue weighted by Gasteiger charge is 2.01. The molecule has 4 nitrogen and oxygen atoms in total. The lowest BCUT2D eigenvalue weighted by Crippen LogP contribution is -1.96. The number of pyridine rings is 1. The smallest absolute Gasteiger partial charge is 0.142 e. The fourth-order valence-corrected chi connectivity index (χ4v) is 1.38. The fraction of sp³-hybridized carbons (Fsp3) is 0.0833. The molecule has 3 N–H and O–H groups in total. The highest BCUT2D eigenvalue weighted by molar-refractivity contribution is 5.66. The standard InChI is InChI=1S/C12H13N3O/c1-16-11-5-3-2-4-10(11)15-9-6-7-12(13)14-8-9/h2-8,15H,1H3,(H2,13,14). The van der Waals surface area contributed by atoms with Gasteiger partial charge in [0.1, 0.15) is 11.6 Å². The molecule has 1 aromatic heterocycles. The van der Waals surface area contributed by atoms with Crippen LogP contribution in [0.3, 0.4) is 0 Å². The summed E-state index contributed by atoms with van der Waals surface area (Å²) in [4.78, 5) is 4.01. The quantitative estimate of drug-likeness (QED) is 0.825. The van der Waals surface area contributed by atoms with Gasteiger partial charge < -0.3 is 15.8 Å². The average molecular weight is 215 g/mol. The molecule has 0 spiro atoms. The first-order valence-electron chi connectivity index (χ1n) is 4.91. The number of methoxy groups -OCH3 is 1. The summed E-state index contributed by atoms with van der Waals surface area (Å²) in [5.74, 6) is 1.30. The van der Waals surface area contributed by atoms with Crippen molar-refractivity contribution < 1.29 is 4.74 Å². The van der Waals surface area contributed by atoms with E-state index in [0.717, 1.165) is 17.1 Å². The SMILES string of the molecule is COc1ccccc1Nc1ccc(N)nc1. The Morgan fingerprint density at radius 2 is 2.00 bits per heavy atom. The van der Waals surface area contributed by atoms with Gasteiger partial charge in [-0.25, -0.2) is 4.98 Å². The molecular weight excluding hydrogens is 202 g/mol. The predicted molar refractivity (Wildman–Crippen MR) is 64.9 cm³/mol. The minimum Gasteiger partial charge on any atom is -0.495 e. The van der Waals surface area contributed by atoms with Gasteiger partial charge >= 0.3 is 0 Å². The Kier molecular flexibility index (Phi) is 2.91. The molecule has 82 valence electrons. The molecule has 0 atom stereocenters. The molecule has 0 aliphatic heterocycles. The zero-order chi connectivity index (χ0) is 11.4. The van der Waals surface area contributed by atoms with Crippen LogP contribution in [0.5, 0.6) is 5.75 Å². The van der Waals surface area contributed by atoms with Crippen LogP contribution >= 0.6 is 0 Å². The molecule has 0 amide bonds. The van der Waals surface area contributed by atoms with Gasteiger partial charge in [-0.2, -0.15) is 0 Å². The molecule has 0 fully saturated rings. The van der Waals surface area contributed by atoms with Crippen molar-refractivity contribution >= 4 is 17.2 Å². The van der Waals surface area contributed by atoms with Crippen LogP contribution in [-0.4, -0.2) is 12.1 Å². The van der Waals surface area contributed by atoms with E-state index in [1.165, 1.54) is 0 Å². The zero-order valence-corrected chi connectivity index (χ0v) is 8.97. The molecule has 2 aromatic rings. The van der Waals surface area contributed by atoms with E-state index in [0.29, 0.717) is 5.82 Å². The lowest BCUT2D eigenvalue weighted by Gasteiger charge is -2.10. The van der Waals surface area contributed by atoms with E-state index in [4.69, 9.17) is 10.5 Å². The van der Waals surface area contributed by atoms with E-state index in [1.807, 2.05) is 30.3 Å². The van der Waals surface area contributed by atoms with E-state index in [1.54, 1.807) is 19.4 Å². The summed E-state index contributed by atoms with van der Waals surface area (Å²) in [5, 5.41) is 3.21. The Bertz CT molecular complexity index is 468. The Labute approximate surface area is 94.1 Å². The van der Waals surface area contributed by atoms with Crippen LogP contribution in [0, 0.1) is 0 Å². The molecule has 0 radical (unpaired) electrons. The second-order valence-electron chi connectivity index (χ2n) is 3.30. The van der Waals surface area contributed by atoms with Crippen LogP contribution in [-0.2, 0) is 0 Å². The second-order valence-corrected chi connectivity index (χ2v) is 3.30. The number of nitrogens with two attached hydrogens (primary N) is 1. The minimum absolute atomic E-state index is 0.505. The molecule has 0 aliphatic rings. The van der Waals surface area contributed by atoms with Gasteiger partial charge in [0.25, 0.3) is 0 Å². The maximum Gasteiger partial charge on any atom is 0.142 e.